The summed E-state index contributed by atoms with van der Waals surface area (Å²) in [6.45, 7) is -0.409. The molecule has 7 heteroatoms. The molecule has 1 aromatic rings. The van der Waals surface area contributed by atoms with Gasteiger partial charge < -0.3 is 14.9 Å². The highest BCUT2D eigenvalue weighted by Crippen LogP contribution is 2.33. The van der Waals surface area contributed by atoms with Crippen molar-refractivity contribution in [1.29, 1.82) is 0 Å². The van der Waals surface area contributed by atoms with Crippen LogP contribution in [0.5, 0.6) is 11.5 Å². The molecule has 0 aliphatic heterocycles. The summed E-state index contributed by atoms with van der Waals surface area (Å²) in [6.07, 6.45) is 0. The fraction of sp³-hybridized carbons (Fsp3) is 0.250. The van der Waals surface area contributed by atoms with Crippen molar-refractivity contribution in [3.8, 4) is 11.5 Å². The Morgan fingerprint density at radius 3 is 2.60 bits per heavy atom. The van der Waals surface area contributed by atoms with E-state index in [4.69, 9.17) is 9.84 Å². The first-order valence-electron chi connectivity index (χ1n) is 4.00. The third-order valence-electron chi connectivity index (χ3n) is 1.76. The molecular weight excluding hydrogens is 222 g/mol. The number of thiol groups is 1. The van der Waals surface area contributed by atoms with Crippen LogP contribution in [-0.4, -0.2) is 25.7 Å². The summed E-state index contributed by atoms with van der Waals surface area (Å²) in [6, 6.07) is 2.64. The molecule has 0 aromatic heterocycles. The number of methoxy groups -OCH3 is 1. The van der Waals surface area contributed by atoms with E-state index < -0.39 is 17.5 Å². The van der Waals surface area contributed by atoms with Gasteiger partial charge in [-0.05, 0) is 6.07 Å². The van der Waals surface area contributed by atoms with Gasteiger partial charge in [0, 0.05) is 11.6 Å². The molecule has 0 bridgehead atoms. The number of nitrogens with one attached hydrogen (secondary N) is 1. The lowest BCUT2D eigenvalue weighted by atomic mass is 10.1. The molecule has 0 saturated heterocycles. The van der Waals surface area contributed by atoms with Crippen molar-refractivity contribution in [3.05, 3.63) is 17.7 Å². The molecule has 3 N–H and O–H groups in total. The van der Waals surface area contributed by atoms with E-state index in [1.807, 2.05) is 0 Å². The first-order chi connectivity index (χ1) is 7.08. The molecule has 0 radical (unpaired) electrons. The third kappa shape index (κ3) is 2.74. The minimum Gasteiger partial charge on any atom is -0.504 e. The van der Waals surface area contributed by atoms with Crippen molar-refractivity contribution in [2.75, 3.05) is 11.8 Å². The molecule has 0 atom stereocenters. The van der Waals surface area contributed by atoms with E-state index in [2.05, 4.69) is 4.72 Å². The van der Waals surface area contributed by atoms with Crippen molar-refractivity contribution in [2.45, 2.75) is 6.61 Å². The molecule has 1 rings (SSSR count). The zero-order valence-corrected chi connectivity index (χ0v) is 8.82. The molecule has 1 aromatic carbocycles. The minimum absolute atomic E-state index is 0.0981. The summed E-state index contributed by atoms with van der Waals surface area (Å²) < 4.78 is 27.8. The number of hydrogen-bond acceptors (Lipinski definition) is 5. The molecular formula is C8H11NO5S. The average molecular weight is 233 g/mol. The summed E-state index contributed by atoms with van der Waals surface area (Å²) in [7, 11) is -1.46. The fourth-order valence-corrected chi connectivity index (χ4v) is 1.45. The number of benzene rings is 1. The van der Waals surface area contributed by atoms with Crippen LogP contribution in [-0.2, 0) is 17.5 Å². The number of ether oxygens (including phenoxy) is 1. The molecule has 0 fully saturated rings. The van der Waals surface area contributed by atoms with Crippen LogP contribution >= 0.6 is 0 Å². The summed E-state index contributed by atoms with van der Waals surface area (Å²) in [5.41, 5.74) is 0.415. The van der Waals surface area contributed by atoms with Gasteiger partial charge in [0.15, 0.2) is 11.5 Å². The summed E-state index contributed by atoms with van der Waals surface area (Å²) in [5, 5.41) is 18.4. The standard InChI is InChI=1S/C8H11NO5S/c1-14-7-3-6(9-15(12)13)2-5(4-10)8(7)11/h2-3,10-11,15H,4H2,1H3,(H,9,12,13). The van der Waals surface area contributed by atoms with Gasteiger partial charge in [-0.3, -0.25) is 4.72 Å². The van der Waals surface area contributed by atoms with E-state index in [-0.39, 0.29) is 22.7 Å². The Kier molecular flexibility index (Phi) is 3.75. The first-order valence-corrected chi connectivity index (χ1v) is 5.18. The van der Waals surface area contributed by atoms with Crippen LogP contribution in [0.25, 0.3) is 0 Å². The van der Waals surface area contributed by atoms with Crippen LogP contribution in [0, 0.1) is 0 Å². The summed E-state index contributed by atoms with van der Waals surface area (Å²) >= 11 is 0. The zero-order valence-electron chi connectivity index (χ0n) is 7.93. The Labute approximate surface area is 88.2 Å². The maximum atomic E-state index is 10.4. The van der Waals surface area contributed by atoms with Crippen molar-refractivity contribution < 1.29 is 23.4 Å². The number of phenols is 1. The van der Waals surface area contributed by atoms with Crippen LogP contribution in [0.1, 0.15) is 5.56 Å². The van der Waals surface area contributed by atoms with Crippen LogP contribution < -0.4 is 9.46 Å². The lowest BCUT2D eigenvalue weighted by molar-refractivity contribution is 0.272. The van der Waals surface area contributed by atoms with Crippen LogP contribution in [0.3, 0.4) is 0 Å². The Morgan fingerprint density at radius 2 is 2.13 bits per heavy atom. The largest absolute Gasteiger partial charge is 0.504 e. The van der Waals surface area contributed by atoms with Gasteiger partial charge >= 0.3 is 0 Å². The summed E-state index contributed by atoms with van der Waals surface area (Å²) in [4.78, 5) is 0. The highest BCUT2D eigenvalue weighted by Gasteiger charge is 2.09. The van der Waals surface area contributed by atoms with Gasteiger partial charge in [0.2, 0.25) is 10.9 Å². The molecule has 0 unspecified atom stereocenters. The normalized spacial score (nSPS) is 10.3. The lowest BCUT2D eigenvalue weighted by Gasteiger charge is -2.09. The molecule has 15 heavy (non-hydrogen) atoms. The molecule has 0 saturated carbocycles. The molecule has 0 heterocycles. The molecule has 0 aliphatic carbocycles. The van der Waals surface area contributed by atoms with Crippen molar-refractivity contribution >= 4 is 16.6 Å². The fourth-order valence-electron chi connectivity index (χ4n) is 1.11. The van der Waals surface area contributed by atoms with Gasteiger partial charge in [-0.15, -0.1) is 0 Å². The molecule has 6 nitrogen and oxygen atoms in total. The van der Waals surface area contributed by atoms with Gasteiger partial charge in [0.25, 0.3) is 0 Å². The lowest BCUT2D eigenvalue weighted by Crippen LogP contribution is -1.98. The van der Waals surface area contributed by atoms with Crippen LogP contribution in [0.2, 0.25) is 0 Å². The number of rotatable bonds is 4. The van der Waals surface area contributed by atoms with E-state index in [9.17, 15) is 13.5 Å². The second kappa shape index (κ2) is 4.85. The maximum Gasteiger partial charge on any atom is 0.222 e. The monoisotopic (exact) mass is 233 g/mol. The number of aliphatic hydroxyl groups is 1. The number of anilines is 1. The Morgan fingerprint density at radius 1 is 1.47 bits per heavy atom. The molecule has 84 valence electrons. The predicted molar refractivity (Wildman–Crippen MR) is 54.5 cm³/mol. The first kappa shape index (κ1) is 11.6. The predicted octanol–water partition coefficient (Wildman–Crippen LogP) is -0.169. The Bertz CT molecular complexity index is 396. The van der Waals surface area contributed by atoms with Crippen LogP contribution in [0.4, 0.5) is 5.69 Å². The smallest absolute Gasteiger partial charge is 0.222 e. The maximum absolute atomic E-state index is 10.4. The molecule has 0 aliphatic rings. The quantitative estimate of drug-likeness (QED) is 0.428. The van der Waals surface area contributed by atoms with Gasteiger partial charge in [-0.25, -0.2) is 8.42 Å². The minimum atomic E-state index is -2.79. The van der Waals surface area contributed by atoms with Gasteiger partial charge in [0.1, 0.15) is 0 Å². The average Bonchev–Trinajstić information content (AvgIpc) is 2.19. The van der Waals surface area contributed by atoms with Crippen LogP contribution in [0.15, 0.2) is 12.1 Å². The second-order valence-corrected chi connectivity index (χ2v) is 3.45. The third-order valence-corrected chi connectivity index (χ3v) is 2.21. The van der Waals surface area contributed by atoms with Crippen molar-refractivity contribution in [3.63, 3.8) is 0 Å². The van der Waals surface area contributed by atoms with E-state index in [0.717, 1.165) is 0 Å². The van der Waals surface area contributed by atoms with E-state index in [1.54, 1.807) is 0 Å². The second-order valence-electron chi connectivity index (χ2n) is 2.71. The van der Waals surface area contributed by atoms with Crippen molar-refractivity contribution in [2.24, 2.45) is 0 Å². The highest BCUT2D eigenvalue weighted by molar-refractivity contribution is 7.73. The number of aliphatic hydroxyl groups excluding tert-OH is 1. The molecule has 0 amide bonds. The van der Waals surface area contributed by atoms with Crippen molar-refractivity contribution in [1.82, 2.24) is 0 Å². The Balaban J connectivity index is 3.20. The van der Waals surface area contributed by atoms with Gasteiger partial charge in [-0.2, -0.15) is 0 Å². The number of hydrogen-bond donors (Lipinski definition) is 4. The van der Waals surface area contributed by atoms with Gasteiger partial charge in [0.05, 0.1) is 19.4 Å². The van der Waals surface area contributed by atoms with E-state index in [1.165, 1.54) is 19.2 Å². The Hall–Kier alpha value is -1.47. The van der Waals surface area contributed by atoms with Gasteiger partial charge in [-0.1, -0.05) is 0 Å². The highest BCUT2D eigenvalue weighted by atomic mass is 32.2. The van der Waals surface area contributed by atoms with E-state index >= 15 is 0 Å². The summed E-state index contributed by atoms with van der Waals surface area (Å²) in [5.74, 6) is -0.104. The zero-order chi connectivity index (χ0) is 11.4. The van der Waals surface area contributed by atoms with E-state index in [0.29, 0.717) is 0 Å². The SMILES string of the molecule is COc1cc(N[SH](=O)=O)cc(CO)c1O. The topological polar surface area (TPSA) is 95.9 Å². The number of aromatic hydroxyl groups is 1. The molecule has 0 spiro atoms.